The fourth-order valence-corrected chi connectivity index (χ4v) is 5.90. The largest absolute Gasteiger partial charge is 0.386 e. The first kappa shape index (κ1) is 20.5. The molecule has 0 radical (unpaired) electrons. The van der Waals surface area contributed by atoms with Gasteiger partial charge >= 0.3 is 0 Å². The summed E-state index contributed by atoms with van der Waals surface area (Å²) in [5, 5.41) is 4.75. The molecule has 1 saturated carbocycles. The van der Waals surface area contributed by atoms with Crippen molar-refractivity contribution in [3.63, 3.8) is 0 Å². The van der Waals surface area contributed by atoms with Gasteiger partial charge in [-0.2, -0.15) is 0 Å². The van der Waals surface area contributed by atoms with Crippen LogP contribution in [-0.2, 0) is 6.42 Å². The normalized spacial score (nSPS) is 21.6. The number of halogens is 1. The second-order valence-electron chi connectivity index (χ2n) is 9.70. The molecule has 7 rings (SSSR count). The van der Waals surface area contributed by atoms with Crippen molar-refractivity contribution in [2.24, 2.45) is 11.7 Å². The number of benzene rings is 1. The lowest BCUT2D eigenvalue weighted by Gasteiger charge is -2.31. The number of nitrogens with two attached hydrogens (primary N) is 1. The number of hydrogen-bond acceptors (Lipinski definition) is 7. The van der Waals surface area contributed by atoms with Crippen LogP contribution in [0.4, 0.5) is 15.9 Å². The highest BCUT2D eigenvalue weighted by atomic mass is 19.1. The summed E-state index contributed by atoms with van der Waals surface area (Å²) in [5.74, 6) is 1.71. The zero-order valence-electron chi connectivity index (χ0n) is 19.3. The van der Waals surface area contributed by atoms with E-state index in [0.29, 0.717) is 35.5 Å². The SMILES string of the molecule is CNc1cc(F)cc2c1[nH]c1nc(Cc3cnc4cccnc4c3)nc(N3CC4CC3CC4N)c12. The minimum atomic E-state index is -0.294. The Kier molecular flexibility index (Phi) is 4.44. The molecule has 3 unspecified atom stereocenters. The topological polar surface area (TPSA) is 109 Å². The molecule has 0 amide bonds. The van der Waals surface area contributed by atoms with E-state index in [9.17, 15) is 4.39 Å². The summed E-state index contributed by atoms with van der Waals surface area (Å²) in [4.78, 5) is 24.7. The molecule has 3 atom stereocenters. The average molecular weight is 469 g/mol. The van der Waals surface area contributed by atoms with Crippen LogP contribution in [0, 0.1) is 11.7 Å². The summed E-state index contributed by atoms with van der Waals surface area (Å²) >= 11 is 0. The number of aromatic nitrogens is 5. The molecule has 2 fully saturated rings. The smallest absolute Gasteiger partial charge is 0.144 e. The molecular formula is C26H25FN8. The van der Waals surface area contributed by atoms with Crippen molar-refractivity contribution >= 4 is 44.5 Å². The molecule has 8 nitrogen and oxygen atoms in total. The van der Waals surface area contributed by atoms with Gasteiger partial charge in [0.05, 0.1) is 27.6 Å². The summed E-state index contributed by atoms with van der Waals surface area (Å²) in [6.45, 7) is 0.861. The van der Waals surface area contributed by atoms with Gasteiger partial charge in [0.2, 0.25) is 0 Å². The molecule has 1 saturated heterocycles. The van der Waals surface area contributed by atoms with E-state index in [1.807, 2.05) is 24.4 Å². The highest BCUT2D eigenvalue weighted by Crippen LogP contribution is 2.43. The Morgan fingerprint density at radius 3 is 2.89 bits per heavy atom. The molecule has 4 aromatic heterocycles. The minimum absolute atomic E-state index is 0.237. The van der Waals surface area contributed by atoms with Crippen molar-refractivity contribution in [2.75, 3.05) is 23.8 Å². The van der Waals surface area contributed by atoms with Crippen LogP contribution in [0.1, 0.15) is 24.2 Å². The molecule has 2 bridgehead atoms. The van der Waals surface area contributed by atoms with Gasteiger partial charge in [0, 0.05) is 49.9 Å². The Morgan fingerprint density at radius 2 is 2.09 bits per heavy atom. The number of anilines is 2. The first-order chi connectivity index (χ1) is 17.1. The van der Waals surface area contributed by atoms with Crippen LogP contribution in [0.3, 0.4) is 0 Å². The predicted molar refractivity (Wildman–Crippen MR) is 135 cm³/mol. The molecule has 4 N–H and O–H groups in total. The quantitative estimate of drug-likeness (QED) is 0.369. The number of rotatable bonds is 4. The Hall–Kier alpha value is -3.85. The average Bonchev–Trinajstić information content (AvgIpc) is 3.55. The van der Waals surface area contributed by atoms with E-state index in [1.54, 1.807) is 19.3 Å². The number of nitrogens with zero attached hydrogens (tertiary/aromatic N) is 5. The second-order valence-corrected chi connectivity index (χ2v) is 9.70. The van der Waals surface area contributed by atoms with E-state index in [2.05, 4.69) is 25.2 Å². The van der Waals surface area contributed by atoms with Gasteiger partial charge in [0.1, 0.15) is 23.1 Å². The molecule has 35 heavy (non-hydrogen) atoms. The molecular weight excluding hydrogens is 443 g/mol. The molecule has 1 aliphatic heterocycles. The lowest BCUT2D eigenvalue weighted by molar-refractivity contribution is 0.471. The van der Waals surface area contributed by atoms with Crippen molar-refractivity contribution in [2.45, 2.75) is 31.3 Å². The van der Waals surface area contributed by atoms with E-state index in [-0.39, 0.29) is 11.9 Å². The summed E-state index contributed by atoms with van der Waals surface area (Å²) in [5.41, 5.74) is 11.3. The van der Waals surface area contributed by atoms with Crippen molar-refractivity contribution in [3.05, 3.63) is 59.9 Å². The standard InChI is InChI=1S/C26H25FN8/c1-29-21-9-15(27)8-17-23-25(34-24(17)21)32-22(6-13-5-20-19(31-11-13)3-2-4-30-20)33-26(23)35-12-14-7-16(35)10-18(14)28/h2-5,8-9,11,14,16,18,29H,6-7,10,12,28H2,1H3,(H,32,33,34). The van der Waals surface area contributed by atoms with E-state index in [1.165, 1.54) is 6.07 Å². The molecule has 2 aliphatic rings. The van der Waals surface area contributed by atoms with Gasteiger partial charge in [-0.3, -0.25) is 9.97 Å². The third kappa shape index (κ3) is 3.22. The molecule has 5 heterocycles. The number of H-pyrrole nitrogens is 1. The number of piperidine rings is 1. The summed E-state index contributed by atoms with van der Waals surface area (Å²) in [7, 11) is 1.79. The van der Waals surface area contributed by atoms with Gasteiger partial charge in [-0.15, -0.1) is 0 Å². The van der Waals surface area contributed by atoms with Crippen LogP contribution in [0.2, 0.25) is 0 Å². The number of nitrogens with one attached hydrogen (secondary N) is 2. The Balaban J connectivity index is 1.40. The highest BCUT2D eigenvalue weighted by Gasteiger charge is 2.44. The maximum atomic E-state index is 14.6. The molecule has 1 aromatic carbocycles. The van der Waals surface area contributed by atoms with Crippen LogP contribution >= 0.6 is 0 Å². The summed E-state index contributed by atoms with van der Waals surface area (Å²) < 4.78 is 14.6. The Bertz CT molecular complexity index is 1610. The molecule has 1 aliphatic carbocycles. The van der Waals surface area contributed by atoms with Gasteiger partial charge < -0.3 is 20.9 Å². The number of pyridine rings is 2. The zero-order chi connectivity index (χ0) is 23.7. The number of hydrogen-bond donors (Lipinski definition) is 3. The monoisotopic (exact) mass is 468 g/mol. The van der Waals surface area contributed by atoms with Crippen LogP contribution in [-0.4, -0.2) is 50.6 Å². The highest BCUT2D eigenvalue weighted by molar-refractivity contribution is 6.14. The number of aromatic amines is 1. The van der Waals surface area contributed by atoms with Crippen molar-refractivity contribution in [1.29, 1.82) is 0 Å². The van der Waals surface area contributed by atoms with Crippen LogP contribution in [0.25, 0.3) is 33.0 Å². The van der Waals surface area contributed by atoms with Crippen molar-refractivity contribution in [1.82, 2.24) is 24.9 Å². The number of fused-ring (bicyclic) bond motifs is 6. The zero-order valence-corrected chi connectivity index (χ0v) is 19.3. The lowest BCUT2D eigenvalue weighted by atomic mass is 10.0. The van der Waals surface area contributed by atoms with Gasteiger partial charge in [-0.05, 0) is 54.7 Å². The fraction of sp³-hybridized carbons (Fsp3) is 0.308. The summed E-state index contributed by atoms with van der Waals surface area (Å²) in [6, 6.07) is 9.51. The Labute approximate surface area is 200 Å². The van der Waals surface area contributed by atoms with E-state index in [4.69, 9.17) is 15.7 Å². The molecule has 176 valence electrons. The summed E-state index contributed by atoms with van der Waals surface area (Å²) in [6.07, 6.45) is 6.16. The third-order valence-electron chi connectivity index (χ3n) is 7.56. The minimum Gasteiger partial charge on any atom is -0.386 e. The molecule has 9 heteroatoms. The van der Waals surface area contributed by atoms with E-state index < -0.39 is 0 Å². The van der Waals surface area contributed by atoms with Gasteiger partial charge in [0.15, 0.2) is 0 Å². The Morgan fingerprint density at radius 1 is 1.17 bits per heavy atom. The first-order valence-electron chi connectivity index (χ1n) is 12.0. The first-order valence-corrected chi connectivity index (χ1v) is 12.0. The predicted octanol–water partition coefficient (Wildman–Crippen LogP) is 3.75. The van der Waals surface area contributed by atoms with Crippen molar-refractivity contribution < 1.29 is 4.39 Å². The van der Waals surface area contributed by atoms with Gasteiger partial charge in [-0.1, -0.05) is 0 Å². The van der Waals surface area contributed by atoms with E-state index >= 15 is 0 Å². The van der Waals surface area contributed by atoms with Crippen LogP contribution in [0.5, 0.6) is 0 Å². The molecule has 5 aromatic rings. The maximum absolute atomic E-state index is 14.6. The second kappa shape index (κ2) is 7.58. The fourth-order valence-electron chi connectivity index (χ4n) is 5.90. The van der Waals surface area contributed by atoms with Crippen LogP contribution in [0.15, 0.2) is 42.7 Å². The van der Waals surface area contributed by atoms with Crippen LogP contribution < -0.4 is 16.0 Å². The van der Waals surface area contributed by atoms with Gasteiger partial charge in [-0.25, -0.2) is 14.4 Å². The van der Waals surface area contributed by atoms with E-state index in [0.717, 1.165) is 58.1 Å². The van der Waals surface area contributed by atoms with Gasteiger partial charge in [0.25, 0.3) is 0 Å². The molecule has 0 spiro atoms. The maximum Gasteiger partial charge on any atom is 0.144 e. The van der Waals surface area contributed by atoms with Crippen molar-refractivity contribution in [3.8, 4) is 0 Å². The third-order valence-corrected chi connectivity index (χ3v) is 7.56. The lowest BCUT2D eigenvalue weighted by Crippen LogP contribution is -2.41.